The van der Waals surface area contributed by atoms with Gasteiger partial charge in [-0.1, -0.05) is 6.92 Å². The van der Waals surface area contributed by atoms with Crippen molar-refractivity contribution in [3.05, 3.63) is 42.4 Å². The first kappa shape index (κ1) is 24.7. The highest BCUT2D eigenvalue weighted by molar-refractivity contribution is 14.0. The minimum atomic E-state index is 0. The SMILES string of the molecule is CCN1CCCC(CN=C(NCCc2ccco2)Nc2ccc3c(c2)OCCCO3)C1.I. The Morgan fingerprint density at radius 1 is 1.16 bits per heavy atom. The van der Waals surface area contributed by atoms with Gasteiger partial charge >= 0.3 is 0 Å². The minimum absolute atomic E-state index is 0. The van der Waals surface area contributed by atoms with Crippen LogP contribution in [0.1, 0.15) is 31.9 Å². The Kier molecular flexibility index (Phi) is 9.98. The van der Waals surface area contributed by atoms with E-state index in [4.69, 9.17) is 18.9 Å². The van der Waals surface area contributed by atoms with Crippen LogP contribution in [0.5, 0.6) is 11.5 Å². The topological polar surface area (TPSA) is 71.3 Å². The third-order valence-electron chi connectivity index (χ3n) is 5.81. The molecule has 0 aliphatic carbocycles. The van der Waals surface area contributed by atoms with Crippen LogP contribution in [0.3, 0.4) is 0 Å². The fourth-order valence-electron chi connectivity index (χ4n) is 4.08. The van der Waals surface area contributed by atoms with Gasteiger partial charge in [0.05, 0.1) is 19.5 Å². The van der Waals surface area contributed by atoms with Crippen molar-refractivity contribution in [1.29, 1.82) is 0 Å². The maximum atomic E-state index is 5.84. The van der Waals surface area contributed by atoms with E-state index in [1.54, 1.807) is 6.26 Å². The number of rotatable bonds is 7. The fraction of sp³-hybridized carbons (Fsp3) is 0.542. The van der Waals surface area contributed by atoms with Gasteiger partial charge in [0, 0.05) is 44.2 Å². The van der Waals surface area contributed by atoms with Crippen LogP contribution in [0.2, 0.25) is 0 Å². The first-order valence-electron chi connectivity index (χ1n) is 11.5. The van der Waals surface area contributed by atoms with E-state index in [1.807, 2.05) is 30.3 Å². The second-order valence-electron chi connectivity index (χ2n) is 8.18. The highest BCUT2D eigenvalue weighted by atomic mass is 127. The number of anilines is 1. The van der Waals surface area contributed by atoms with Crippen LogP contribution >= 0.6 is 24.0 Å². The number of hydrogen-bond acceptors (Lipinski definition) is 5. The molecular formula is C24H35IN4O3. The molecule has 2 N–H and O–H groups in total. The third-order valence-corrected chi connectivity index (χ3v) is 5.81. The molecule has 0 amide bonds. The Labute approximate surface area is 208 Å². The van der Waals surface area contributed by atoms with Crippen LogP contribution in [-0.2, 0) is 6.42 Å². The number of furan rings is 1. The van der Waals surface area contributed by atoms with Gasteiger partial charge in [-0.2, -0.15) is 0 Å². The molecule has 0 bridgehead atoms. The summed E-state index contributed by atoms with van der Waals surface area (Å²) in [6.45, 7) is 8.62. The number of benzene rings is 1. The summed E-state index contributed by atoms with van der Waals surface area (Å²) in [5, 5.41) is 6.91. The number of fused-ring (bicyclic) bond motifs is 1. The minimum Gasteiger partial charge on any atom is -0.490 e. The first-order chi connectivity index (χ1) is 15.3. The molecule has 32 heavy (non-hydrogen) atoms. The van der Waals surface area contributed by atoms with Crippen molar-refractivity contribution in [1.82, 2.24) is 10.2 Å². The van der Waals surface area contributed by atoms with E-state index < -0.39 is 0 Å². The van der Waals surface area contributed by atoms with Crippen molar-refractivity contribution >= 4 is 35.6 Å². The lowest BCUT2D eigenvalue weighted by Gasteiger charge is -2.31. The lowest BCUT2D eigenvalue weighted by molar-refractivity contribution is 0.187. The number of piperidine rings is 1. The number of halogens is 1. The molecular weight excluding hydrogens is 519 g/mol. The van der Waals surface area contributed by atoms with Gasteiger partial charge in [-0.15, -0.1) is 24.0 Å². The molecule has 3 heterocycles. The monoisotopic (exact) mass is 554 g/mol. The lowest BCUT2D eigenvalue weighted by Crippen LogP contribution is -2.37. The molecule has 1 fully saturated rings. The van der Waals surface area contributed by atoms with Gasteiger partial charge in [0.2, 0.25) is 0 Å². The molecule has 7 nitrogen and oxygen atoms in total. The average molecular weight is 554 g/mol. The number of guanidine groups is 1. The molecule has 1 saturated heterocycles. The van der Waals surface area contributed by atoms with Gasteiger partial charge in [-0.25, -0.2) is 0 Å². The van der Waals surface area contributed by atoms with Gasteiger partial charge in [-0.05, 0) is 56.1 Å². The number of nitrogens with zero attached hydrogens (tertiary/aromatic N) is 2. The van der Waals surface area contributed by atoms with Crippen molar-refractivity contribution in [2.45, 2.75) is 32.6 Å². The van der Waals surface area contributed by atoms with Crippen molar-refractivity contribution in [2.75, 3.05) is 51.3 Å². The predicted octanol–water partition coefficient (Wildman–Crippen LogP) is 4.39. The predicted molar refractivity (Wildman–Crippen MR) is 139 cm³/mol. The van der Waals surface area contributed by atoms with E-state index in [9.17, 15) is 0 Å². The smallest absolute Gasteiger partial charge is 0.195 e. The molecule has 1 aromatic heterocycles. The summed E-state index contributed by atoms with van der Waals surface area (Å²) in [7, 11) is 0. The van der Waals surface area contributed by atoms with Gasteiger partial charge in [0.25, 0.3) is 0 Å². The van der Waals surface area contributed by atoms with Gasteiger partial charge in [0.15, 0.2) is 17.5 Å². The zero-order valence-electron chi connectivity index (χ0n) is 18.8. The molecule has 8 heteroatoms. The Morgan fingerprint density at radius 3 is 2.84 bits per heavy atom. The highest BCUT2D eigenvalue weighted by Gasteiger charge is 2.18. The number of aliphatic imine (C=N–C) groups is 1. The standard InChI is InChI=1S/C24H34N4O3.HI/c1-2-28-12-3-6-19(18-28)17-26-24(25-11-10-21-7-4-13-29-21)27-20-8-9-22-23(16-20)31-15-5-14-30-22;/h4,7-9,13,16,19H,2-3,5-6,10-12,14-15,17-18H2,1H3,(H2,25,26,27);1H. The number of likely N-dealkylation sites (tertiary alicyclic amines) is 1. The van der Waals surface area contributed by atoms with E-state index in [-0.39, 0.29) is 24.0 Å². The Hall–Kier alpha value is -1.94. The van der Waals surface area contributed by atoms with Gasteiger partial charge in [-0.3, -0.25) is 4.99 Å². The summed E-state index contributed by atoms with van der Waals surface area (Å²) < 4.78 is 17.0. The molecule has 0 spiro atoms. The summed E-state index contributed by atoms with van der Waals surface area (Å²) in [5.41, 5.74) is 0.937. The molecule has 0 radical (unpaired) electrons. The molecule has 4 rings (SSSR count). The van der Waals surface area contributed by atoms with Crippen molar-refractivity contribution in [3.63, 3.8) is 0 Å². The molecule has 0 saturated carbocycles. The van der Waals surface area contributed by atoms with E-state index in [1.165, 1.54) is 19.4 Å². The summed E-state index contributed by atoms with van der Waals surface area (Å²) in [5.74, 6) is 3.93. The Balaban J connectivity index is 0.00000289. The van der Waals surface area contributed by atoms with E-state index in [0.29, 0.717) is 19.1 Å². The number of nitrogens with one attached hydrogen (secondary N) is 2. The largest absolute Gasteiger partial charge is 0.490 e. The Morgan fingerprint density at radius 2 is 2.03 bits per heavy atom. The quantitative estimate of drug-likeness (QED) is 0.301. The first-order valence-corrected chi connectivity index (χ1v) is 11.5. The summed E-state index contributed by atoms with van der Waals surface area (Å²) >= 11 is 0. The zero-order chi connectivity index (χ0) is 21.3. The van der Waals surface area contributed by atoms with Crippen molar-refractivity contribution < 1.29 is 13.9 Å². The summed E-state index contributed by atoms with van der Waals surface area (Å²) in [6, 6.07) is 9.88. The summed E-state index contributed by atoms with van der Waals surface area (Å²) in [4.78, 5) is 7.44. The normalized spacial score (nSPS) is 19.0. The molecule has 2 aliphatic rings. The Bertz CT molecular complexity index is 844. The number of hydrogen-bond donors (Lipinski definition) is 2. The van der Waals surface area contributed by atoms with Gasteiger partial charge in [0.1, 0.15) is 5.76 Å². The van der Waals surface area contributed by atoms with Crippen LogP contribution in [-0.4, -0.2) is 56.8 Å². The highest BCUT2D eigenvalue weighted by Crippen LogP contribution is 2.32. The molecule has 1 aromatic carbocycles. The maximum Gasteiger partial charge on any atom is 0.195 e. The molecule has 1 unspecified atom stereocenters. The molecule has 176 valence electrons. The van der Waals surface area contributed by atoms with Gasteiger partial charge < -0.3 is 29.4 Å². The number of ether oxygens (including phenoxy) is 2. The zero-order valence-corrected chi connectivity index (χ0v) is 21.2. The second kappa shape index (κ2) is 12.9. The van der Waals surface area contributed by atoms with Crippen LogP contribution in [0.25, 0.3) is 0 Å². The molecule has 2 aliphatic heterocycles. The lowest BCUT2D eigenvalue weighted by atomic mass is 9.98. The van der Waals surface area contributed by atoms with E-state index in [0.717, 1.165) is 67.9 Å². The van der Waals surface area contributed by atoms with Crippen LogP contribution in [0.4, 0.5) is 5.69 Å². The van der Waals surface area contributed by atoms with Crippen LogP contribution in [0, 0.1) is 5.92 Å². The molecule has 2 aromatic rings. The van der Waals surface area contributed by atoms with Crippen molar-refractivity contribution in [2.24, 2.45) is 10.9 Å². The summed E-state index contributed by atoms with van der Waals surface area (Å²) in [6.07, 6.45) is 5.91. The van der Waals surface area contributed by atoms with Crippen LogP contribution in [0.15, 0.2) is 46.0 Å². The average Bonchev–Trinajstić information content (AvgIpc) is 3.21. The molecule has 1 atom stereocenters. The fourth-order valence-corrected chi connectivity index (χ4v) is 4.08. The van der Waals surface area contributed by atoms with Crippen molar-refractivity contribution in [3.8, 4) is 11.5 Å². The van der Waals surface area contributed by atoms with Crippen LogP contribution < -0.4 is 20.1 Å². The van der Waals surface area contributed by atoms with E-state index >= 15 is 0 Å². The maximum absolute atomic E-state index is 5.84. The second-order valence-corrected chi connectivity index (χ2v) is 8.18. The third kappa shape index (κ3) is 7.30. The van der Waals surface area contributed by atoms with E-state index in [2.05, 4.69) is 22.5 Å².